The van der Waals surface area contributed by atoms with Crippen LogP contribution >= 0.6 is 0 Å². The first-order valence-corrected chi connectivity index (χ1v) is 9.25. The smallest absolute Gasteiger partial charge is 0.120 e. The summed E-state index contributed by atoms with van der Waals surface area (Å²) in [5.74, 6) is 1.48. The standard InChI is InChI=1S/C23H22N2O3/c26-19(14-25-17-24-22-8-4-5-9-23(22)25)16-28-21-12-10-20(11-13-21)27-15-18-6-2-1-3-7-18/h1-13,17,19,26H,14-16H2/t19-/m0/s1. The van der Waals surface area contributed by atoms with Crippen LogP contribution in [0.25, 0.3) is 11.0 Å². The molecule has 1 heterocycles. The molecule has 0 radical (unpaired) electrons. The van der Waals surface area contributed by atoms with Crippen molar-refractivity contribution in [3.63, 3.8) is 0 Å². The molecule has 1 N–H and O–H groups in total. The third kappa shape index (κ3) is 4.50. The fraction of sp³-hybridized carbons (Fsp3) is 0.174. The maximum absolute atomic E-state index is 10.3. The molecule has 0 aliphatic rings. The van der Waals surface area contributed by atoms with Gasteiger partial charge in [0.25, 0.3) is 0 Å². The predicted octanol–water partition coefficient (Wildman–Crippen LogP) is 4.06. The van der Waals surface area contributed by atoms with Crippen LogP contribution in [-0.2, 0) is 13.2 Å². The molecular weight excluding hydrogens is 352 g/mol. The number of ether oxygens (including phenoxy) is 2. The molecule has 0 saturated heterocycles. The molecule has 4 aromatic rings. The molecule has 0 fully saturated rings. The average Bonchev–Trinajstić information content (AvgIpc) is 3.15. The Morgan fingerprint density at radius 2 is 1.50 bits per heavy atom. The lowest BCUT2D eigenvalue weighted by molar-refractivity contribution is 0.0934. The molecule has 0 bridgehead atoms. The summed E-state index contributed by atoms with van der Waals surface area (Å²) in [4.78, 5) is 4.34. The molecule has 5 heteroatoms. The molecule has 0 unspecified atom stereocenters. The molecule has 4 rings (SSSR count). The topological polar surface area (TPSA) is 56.5 Å². The largest absolute Gasteiger partial charge is 0.491 e. The molecule has 0 spiro atoms. The van der Waals surface area contributed by atoms with E-state index in [2.05, 4.69) is 4.98 Å². The van der Waals surface area contributed by atoms with Gasteiger partial charge >= 0.3 is 0 Å². The van der Waals surface area contributed by atoms with Crippen LogP contribution in [0.5, 0.6) is 11.5 Å². The lowest BCUT2D eigenvalue weighted by Gasteiger charge is -2.14. The first-order chi connectivity index (χ1) is 13.8. The summed E-state index contributed by atoms with van der Waals surface area (Å²) >= 11 is 0. The van der Waals surface area contributed by atoms with Crippen molar-refractivity contribution in [2.24, 2.45) is 0 Å². The van der Waals surface area contributed by atoms with Crippen LogP contribution in [0, 0.1) is 0 Å². The van der Waals surface area contributed by atoms with Gasteiger partial charge in [0.15, 0.2) is 0 Å². The molecule has 5 nitrogen and oxygen atoms in total. The van der Waals surface area contributed by atoms with Crippen molar-refractivity contribution >= 4 is 11.0 Å². The van der Waals surface area contributed by atoms with Crippen LogP contribution in [-0.4, -0.2) is 27.4 Å². The van der Waals surface area contributed by atoms with E-state index < -0.39 is 6.10 Å². The number of aliphatic hydroxyl groups is 1. The monoisotopic (exact) mass is 374 g/mol. The second kappa shape index (κ2) is 8.59. The number of benzene rings is 3. The Balaban J connectivity index is 1.27. The third-order valence-corrected chi connectivity index (χ3v) is 4.45. The minimum absolute atomic E-state index is 0.205. The summed E-state index contributed by atoms with van der Waals surface area (Å²) in [6.45, 7) is 1.16. The molecule has 0 aliphatic heterocycles. The van der Waals surface area contributed by atoms with Gasteiger partial charge in [-0.1, -0.05) is 42.5 Å². The number of fused-ring (bicyclic) bond motifs is 1. The summed E-state index contributed by atoms with van der Waals surface area (Å²) in [5, 5.41) is 10.3. The van der Waals surface area contributed by atoms with Gasteiger partial charge in [-0.3, -0.25) is 0 Å². The maximum Gasteiger partial charge on any atom is 0.120 e. The summed E-state index contributed by atoms with van der Waals surface area (Å²) in [7, 11) is 0. The summed E-state index contributed by atoms with van der Waals surface area (Å²) in [6, 6.07) is 25.3. The minimum Gasteiger partial charge on any atom is -0.491 e. The van der Waals surface area contributed by atoms with Crippen LogP contribution in [0.15, 0.2) is 85.2 Å². The Morgan fingerprint density at radius 3 is 2.29 bits per heavy atom. The number of nitrogens with zero attached hydrogens (tertiary/aromatic N) is 2. The van der Waals surface area contributed by atoms with Crippen molar-refractivity contribution < 1.29 is 14.6 Å². The van der Waals surface area contributed by atoms with Crippen molar-refractivity contribution in [3.8, 4) is 11.5 Å². The van der Waals surface area contributed by atoms with Crippen molar-refractivity contribution in [3.05, 3.63) is 90.8 Å². The van der Waals surface area contributed by atoms with E-state index in [9.17, 15) is 5.11 Å². The normalized spacial score (nSPS) is 12.0. The van der Waals surface area contributed by atoms with E-state index >= 15 is 0 Å². The van der Waals surface area contributed by atoms with Gasteiger partial charge in [-0.25, -0.2) is 4.98 Å². The second-order valence-corrected chi connectivity index (χ2v) is 6.60. The van der Waals surface area contributed by atoms with Crippen LogP contribution in [0.2, 0.25) is 0 Å². The number of aromatic nitrogens is 2. The van der Waals surface area contributed by atoms with Gasteiger partial charge < -0.3 is 19.1 Å². The third-order valence-electron chi connectivity index (χ3n) is 4.45. The molecule has 3 aromatic carbocycles. The highest BCUT2D eigenvalue weighted by Gasteiger charge is 2.09. The average molecular weight is 374 g/mol. The minimum atomic E-state index is -0.633. The number of para-hydroxylation sites is 2. The van der Waals surface area contributed by atoms with E-state index in [1.54, 1.807) is 6.33 Å². The van der Waals surface area contributed by atoms with Crippen LogP contribution < -0.4 is 9.47 Å². The van der Waals surface area contributed by atoms with Crippen molar-refractivity contribution in [1.82, 2.24) is 9.55 Å². The highest BCUT2D eigenvalue weighted by atomic mass is 16.5. The van der Waals surface area contributed by atoms with Crippen molar-refractivity contribution in [2.45, 2.75) is 19.3 Å². The van der Waals surface area contributed by atoms with Gasteiger partial charge in [-0.2, -0.15) is 0 Å². The SMILES string of the molecule is O[C@H](COc1ccc(OCc2ccccc2)cc1)Cn1cnc2ccccc21. The molecular formula is C23H22N2O3. The number of aliphatic hydroxyl groups excluding tert-OH is 1. The van der Waals surface area contributed by atoms with Crippen LogP contribution in [0.1, 0.15) is 5.56 Å². The molecule has 28 heavy (non-hydrogen) atoms. The quantitative estimate of drug-likeness (QED) is 0.505. The second-order valence-electron chi connectivity index (χ2n) is 6.60. The molecule has 0 amide bonds. The highest BCUT2D eigenvalue weighted by Crippen LogP contribution is 2.19. The summed E-state index contributed by atoms with van der Waals surface area (Å²) in [6.07, 6.45) is 1.11. The van der Waals surface area contributed by atoms with Gasteiger partial charge in [0, 0.05) is 0 Å². The van der Waals surface area contributed by atoms with E-state index in [4.69, 9.17) is 9.47 Å². The molecule has 0 aliphatic carbocycles. The zero-order valence-corrected chi connectivity index (χ0v) is 15.4. The Kier molecular flexibility index (Phi) is 5.54. The van der Waals surface area contributed by atoms with Gasteiger partial charge in [0.05, 0.1) is 23.9 Å². The summed E-state index contributed by atoms with van der Waals surface area (Å²) < 4.78 is 13.4. The van der Waals surface area contributed by atoms with Crippen molar-refractivity contribution in [1.29, 1.82) is 0 Å². The lowest BCUT2D eigenvalue weighted by atomic mass is 10.2. The Hall–Kier alpha value is -3.31. The maximum atomic E-state index is 10.3. The Morgan fingerprint density at radius 1 is 0.821 bits per heavy atom. The van der Waals surface area contributed by atoms with Crippen molar-refractivity contribution in [2.75, 3.05) is 6.61 Å². The Bertz CT molecular complexity index is 1010. The van der Waals surface area contributed by atoms with E-state index in [-0.39, 0.29) is 6.61 Å². The van der Waals surface area contributed by atoms with Gasteiger partial charge in [0.1, 0.15) is 30.8 Å². The van der Waals surface area contributed by atoms with Crippen LogP contribution in [0.3, 0.4) is 0 Å². The Labute approximate surface area is 163 Å². The number of hydrogen-bond donors (Lipinski definition) is 1. The predicted molar refractivity (Wildman–Crippen MR) is 108 cm³/mol. The molecule has 0 saturated carbocycles. The van der Waals surface area contributed by atoms with E-state index in [1.807, 2.05) is 83.4 Å². The zero-order valence-electron chi connectivity index (χ0n) is 15.4. The fourth-order valence-electron chi connectivity index (χ4n) is 3.00. The molecule has 1 atom stereocenters. The van der Waals surface area contributed by atoms with Crippen LogP contribution in [0.4, 0.5) is 0 Å². The van der Waals surface area contributed by atoms with E-state index in [1.165, 1.54) is 0 Å². The van der Waals surface area contributed by atoms with Gasteiger partial charge in [-0.15, -0.1) is 0 Å². The summed E-state index contributed by atoms with van der Waals surface area (Å²) in [5.41, 5.74) is 3.04. The molecule has 1 aromatic heterocycles. The van der Waals surface area contributed by atoms with Gasteiger partial charge in [-0.05, 0) is 42.0 Å². The number of hydrogen-bond acceptors (Lipinski definition) is 4. The van der Waals surface area contributed by atoms with E-state index in [0.717, 1.165) is 22.3 Å². The fourth-order valence-corrected chi connectivity index (χ4v) is 3.00. The first kappa shape index (κ1) is 18.1. The zero-order chi connectivity index (χ0) is 19.2. The highest BCUT2D eigenvalue weighted by molar-refractivity contribution is 5.74. The lowest BCUT2D eigenvalue weighted by Crippen LogP contribution is -2.23. The molecule has 142 valence electrons. The first-order valence-electron chi connectivity index (χ1n) is 9.25. The number of rotatable bonds is 8. The number of imidazole rings is 1. The van der Waals surface area contributed by atoms with E-state index in [0.29, 0.717) is 18.9 Å². The van der Waals surface area contributed by atoms with Gasteiger partial charge in [0.2, 0.25) is 0 Å².